The highest BCUT2D eigenvalue weighted by atomic mass is 32.2. The largest absolute Gasteiger partial charge is 0.490 e. The monoisotopic (exact) mass is 404 g/mol. The summed E-state index contributed by atoms with van der Waals surface area (Å²) in [6.07, 6.45) is 0. The maximum atomic E-state index is 13.5. The second-order valence-electron chi connectivity index (χ2n) is 6.78. The lowest BCUT2D eigenvalue weighted by Crippen LogP contribution is -2.49. The summed E-state index contributed by atoms with van der Waals surface area (Å²) in [7, 11) is -1.67. The molecule has 7 heteroatoms. The predicted octanol–water partition coefficient (Wildman–Crippen LogP) is 3.16. The van der Waals surface area contributed by atoms with E-state index in [-0.39, 0.29) is 10.9 Å². The Labute approximate surface area is 167 Å². The summed E-state index contributed by atoms with van der Waals surface area (Å²) in [6, 6.07) is 14.4. The zero-order valence-corrected chi connectivity index (χ0v) is 17.5. The van der Waals surface area contributed by atoms with E-state index in [4.69, 9.17) is 9.47 Å². The lowest BCUT2D eigenvalue weighted by Gasteiger charge is -2.39. The van der Waals surface area contributed by atoms with Crippen molar-refractivity contribution < 1.29 is 17.9 Å². The van der Waals surface area contributed by atoms with Gasteiger partial charge in [0.25, 0.3) is 0 Å². The third-order valence-corrected chi connectivity index (χ3v) is 6.74. The Morgan fingerprint density at radius 1 is 0.964 bits per heavy atom. The number of nitrogens with zero attached hydrogens (tertiary/aromatic N) is 2. The molecule has 28 heavy (non-hydrogen) atoms. The lowest BCUT2D eigenvalue weighted by molar-refractivity contribution is 0.160. The summed E-state index contributed by atoms with van der Waals surface area (Å²) in [5, 5.41) is 0. The Balaban J connectivity index is 1.99. The van der Waals surface area contributed by atoms with Gasteiger partial charge in [-0.15, -0.1) is 0 Å². The van der Waals surface area contributed by atoms with Gasteiger partial charge in [-0.25, -0.2) is 8.42 Å². The van der Waals surface area contributed by atoms with Crippen LogP contribution in [-0.2, 0) is 10.0 Å². The van der Waals surface area contributed by atoms with Crippen LogP contribution in [0.15, 0.2) is 53.4 Å². The van der Waals surface area contributed by atoms with Crippen molar-refractivity contribution in [3.05, 3.63) is 54.1 Å². The van der Waals surface area contributed by atoms with Gasteiger partial charge in [-0.05, 0) is 38.6 Å². The van der Waals surface area contributed by atoms with E-state index >= 15 is 0 Å². The SMILES string of the molecule is CCOc1ccc(S(=O)(=O)N2CCN(C)CC2c2ccccc2)cc1OCC. The second-order valence-corrected chi connectivity index (χ2v) is 8.67. The number of ether oxygens (including phenoxy) is 2. The van der Waals surface area contributed by atoms with Crippen molar-refractivity contribution in [2.45, 2.75) is 24.8 Å². The fourth-order valence-electron chi connectivity index (χ4n) is 3.46. The average Bonchev–Trinajstić information content (AvgIpc) is 2.70. The number of piperazine rings is 1. The van der Waals surface area contributed by atoms with Gasteiger partial charge in [0.1, 0.15) is 0 Å². The van der Waals surface area contributed by atoms with E-state index in [0.29, 0.717) is 44.3 Å². The molecule has 2 aromatic rings. The van der Waals surface area contributed by atoms with E-state index < -0.39 is 10.0 Å². The first-order valence-electron chi connectivity index (χ1n) is 9.62. The number of benzene rings is 2. The lowest BCUT2D eigenvalue weighted by atomic mass is 10.1. The molecular weight excluding hydrogens is 376 g/mol. The van der Waals surface area contributed by atoms with Crippen molar-refractivity contribution in [2.75, 3.05) is 39.9 Å². The van der Waals surface area contributed by atoms with E-state index in [9.17, 15) is 8.42 Å². The van der Waals surface area contributed by atoms with Crippen LogP contribution in [0.4, 0.5) is 0 Å². The molecule has 6 nitrogen and oxygen atoms in total. The molecule has 1 saturated heterocycles. The molecule has 0 bridgehead atoms. The summed E-state index contributed by atoms with van der Waals surface area (Å²) in [5.74, 6) is 1.01. The van der Waals surface area contributed by atoms with Gasteiger partial charge in [0.15, 0.2) is 11.5 Å². The van der Waals surface area contributed by atoms with Gasteiger partial charge in [0.2, 0.25) is 10.0 Å². The van der Waals surface area contributed by atoms with Crippen LogP contribution in [0.25, 0.3) is 0 Å². The molecule has 1 heterocycles. The minimum absolute atomic E-state index is 0.227. The Morgan fingerprint density at radius 3 is 2.32 bits per heavy atom. The highest BCUT2D eigenvalue weighted by Gasteiger charge is 2.36. The zero-order valence-electron chi connectivity index (χ0n) is 16.7. The van der Waals surface area contributed by atoms with Gasteiger partial charge in [-0.3, -0.25) is 0 Å². The van der Waals surface area contributed by atoms with Crippen LogP contribution >= 0.6 is 0 Å². The summed E-state index contributed by atoms with van der Waals surface area (Å²) >= 11 is 0. The normalized spacial score (nSPS) is 18.8. The molecule has 1 atom stereocenters. The van der Waals surface area contributed by atoms with Crippen molar-refractivity contribution in [2.24, 2.45) is 0 Å². The number of likely N-dealkylation sites (N-methyl/N-ethyl adjacent to an activating group) is 1. The quantitative estimate of drug-likeness (QED) is 0.709. The van der Waals surface area contributed by atoms with Crippen molar-refractivity contribution >= 4 is 10.0 Å². The van der Waals surface area contributed by atoms with Crippen LogP contribution in [-0.4, -0.2) is 57.5 Å². The van der Waals surface area contributed by atoms with Crippen LogP contribution < -0.4 is 9.47 Å². The fourth-order valence-corrected chi connectivity index (χ4v) is 5.08. The van der Waals surface area contributed by atoms with Crippen molar-refractivity contribution in [3.63, 3.8) is 0 Å². The minimum atomic E-state index is -3.68. The van der Waals surface area contributed by atoms with Gasteiger partial charge in [0.05, 0.1) is 24.2 Å². The third-order valence-electron chi connectivity index (χ3n) is 4.84. The first-order valence-corrected chi connectivity index (χ1v) is 11.1. The molecule has 0 radical (unpaired) electrons. The van der Waals surface area contributed by atoms with Crippen molar-refractivity contribution in [3.8, 4) is 11.5 Å². The predicted molar refractivity (Wildman–Crippen MR) is 109 cm³/mol. The topological polar surface area (TPSA) is 59.1 Å². The number of hydrogen-bond acceptors (Lipinski definition) is 5. The van der Waals surface area contributed by atoms with E-state index in [0.717, 1.165) is 5.56 Å². The fraction of sp³-hybridized carbons (Fsp3) is 0.429. The van der Waals surface area contributed by atoms with E-state index in [2.05, 4.69) is 4.90 Å². The molecule has 1 aliphatic heterocycles. The molecule has 1 fully saturated rings. The first kappa shape index (κ1) is 20.6. The molecule has 1 aliphatic rings. The molecule has 0 amide bonds. The first-order chi connectivity index (χ1) is 13.5. The smallest absolute Gasteiger partial charge is 0.243 e. The Morgan fingerprint density at radius 2 is 1.64 bits per heavy atom. The van der Waals surface area contributed by atoms with Crippen molar-refractivity contribution in [1.82, 2.24) is 9.21 Å². The van der Waals surface area contributed by atoms with Gasteiger partial charge < -0.3 is 14.4 Å². The molecule has 2 aromatic carbocycles. The van der Waals surface area contributed by atoms with Crippen LogP contribution in [0.1, 0.15) is 25.5 Å². The number of sulfonamides is 1. The molecule has 0 aromatic heterocycles. The zero-order chi connectivity index (χ0) is 20.1. The maximum absolute atomic E-state index is 13.5. The van der Waals surface area contributed by atoms with Gasteiger partial charge in [-0.2, -0.15) is 4.31 Å². The van der Waals surface area contributed by atoms with Gasteiger partial charge in [-0.1, -0.05) is 30.3 Å². The van der Waals surface area contributed by atoms with E-state index in [1.165, 1.54) is 0 Å². The minimum Gasteiger partial charge on any atom is -0.490 e. The third kappa shape index (κ3) is 4.32. The maximum Gasteiger partial charge on any atom is 0.243 e. The van der Waals surface area contributed by atoms with E-state index in [1.54, 1.807) is 22.5 Å². The Hall–Kier alpha value is -2.09. The van der Waals surface area contributed by atoms with Crippen LogP contribution in [0, 0.1) is 0 Å². The Kier molecular flexibility index (Phi) is 6.59. The molecule has 0 N–H and O–H groups in total. The van der Waals surface area contributed by atoms with Crippen molar-refractivity contribution in [1.29, 1.82) is 0 Å². The molecular formula is C21H28N2O4S. The van der Waals surface area contributed by atoms with Crippen LogP contribution in [0.2, 0.25) is 0 Å². The average molecular weight is 405 g/mol. The van der Waals surface area contributed by atoms with Crippen LogP contribution in [0.3, 0.4) is 0 Å². The number of hydrogen-bond donors (Lipinski definition) is 0. The molecule has 152 valence electrons. The molecule has 0 saturated carbocycles. The summed E-state index contributed by atoms with van der Waals surface area (Å²) in [6.45, 7) is 6.45. The molecule has 0 spiro atoms. The van der Waals surface area contributed by atoms with E-state index in [1.807, 2.05) is 51.2 Å². The standard InChI is InChI=1S/C21H28N2O4S/c1-4-26-20-12-11-18(15-21(20)27-5-2)28(24,25)23-14-13-22(3)16-19(23)17-9-7-6-8-10-17/h6-12,15,19H,4-5,13-14,16H2,1-3H3. The van der Waals surface area contributed by atoms with Gasteiger partial charge in [0, 0.05) is 25.7 Å². The van der Waals surface area contributed by atoms with Crippen LogP contribution in [0.5, 0.6) is 11.5 Å². The Bertz CT molecular complexity index is 887. The summed E-state index contributed by atoms with van der Waals surface area (Å²) < 4.78 is 39.8. The second kappa shape index (κ2) is 8.94. The highest BCUT2D eigenvalue weighted by Crippen LogP contribution is 2.35. The molecule has 3 rings (SSSR count). The molecule has 0 aliphatic carbocycles. The van der Waals surface area contributed by atoms with Gasteiger partial charge >= 0.3 is 0 Å². The highest BCUT2D eigenvalue weighted by molar-refractivity contribution is 7.89. The summed E-state index contributed by atoms with van der Waals surface area (Å²) in [5.41, 5.74) is 0.994. The molecule has 1 unspecified atom stereocenters. The number of rotatable bonds is 7. The summed E-state index contributed by atoms with van der Waals surface area (Å²) in [4.78, 5) is 2.39.